The topological polar surface area (TPSA) is 79.2 Å². The minimum atomic E-state index is -0.989. The van der Waals surface area contributed by atoms with Crippen molar-refractivity contribution in [2.24, 2.45) is 4.99 Å². The zero-order valence-corrected chi connectivity index (χ0v) is 20.6. The molecule has 0 spiro atoms. The number of rotatable bonds is 5. The number of ether oxygens (including phenoxy) is 1. The first-order chi connectivity index (χ1) is 13.8. The van der Waals surface area contributed by atoms with E-state index >= 15 is 0 Å². The second-order valence-electron chi connectivity index (χ2n) is 5.97. The van der Waals surface area contributed by atoms with Crippen molar-refractivity contribution in [1.29, 1.82) is 0 Å². The maximum absolute atomic E-state index is 12.6. The Morgan fingerprint density at radius 3 is 2.41 bits per heavy atom. The quantitative estimate of drug-likeness (QED) is 0.361. The second kappa shape index (κ2) is 9.47. The summed E-state index contributed by atoms with van der Waals surface area (Å²) in [6, 6.07) is 10.2. The smallest absolute Gasteiger partial charge is 0.335 e. The van der Waals surface area contributed by atoms with Crippen LogP contribution in [0.4, 0.5) is 5.69 Å². The predicted molar refractivity (Wildman–Crippen MR) is 132 cm³/mol. The zero-order valence-electron chi connectivity index (χ0n) is 15.5. The van der Waals surface area contributed by atoms with Gasteiger partial charge in [0.05, 0.1) is 29.9 Å². The van der Waals surface area contributed by atoms with Gasteiger partial charge in [-0.1, -0.05) is 0 Å². The number of amides is 1. The van der Waals surface area contributed by atoms with Crippen molar-refractivity contribution in [3.05, 3.63) is 59.6 Å². The Bertz CT molecular complexity index is 1010. The van der Waals surface area contributed by atoms with Crippen molar-refractivity contribution in [2.75, 3.05) is 13.7 Å². The van der Waals surface area contributed by atoms with Gasteiger partial charge in [0.2, 0.25) is 0 Å². The fourth-order valence-corrected chi connectivity index (χ4v) is 5.65. The molecule has 3 rings (SSSR count). The standard InChI is InChI=1S/C20H16I2N2O4S/c1-3-28-17-14(21)8-11(9-15(17)22)10-16-18(25)24(2)20(29-16)23-13-6-4-12(5-7-13)19(26)27/h4-10H,3H2,1-2H3,(H,26,27)/b16-10-,23-20?. The number of benzene rings is 2. The Labute approximate surface area is 199 Å². The van der Waals surface area contributed by atoms with Crippen LogP contribution in [0.3, 0.4) is 0 Å². The first-order valence-corrected chi connectivity index (χ1v) is 11.5. The number of hydrogen-bond donors (Lipinski definition) is 1. The van der Waals surface area contributed by atoms with Gasteiger partial charge >= 0.3 is 5.97 Å². The summed E-state index contributed by atoms with van der Waals surface area (Å²) in [6.45, 7) is 2.54. The van der Waals surface area contributed by atoms with Crippen LogP contribution in [0, 0.1) is 7.14 Å². The van der Waals surface area contributed by atoms with Gasteiger partial charge in [-0.25, -0.2) is 9.79 Å². The molecule has 6 nitrogen and oxygen atoms in total. The van der Waals surface area contributed by atoms with Gasteiger partial charge < -0.3 is 9.84 Å². The third-order valence-electron chi connectivity index (χ3n) is 3.95. The summed E-state index contributed by atoms with van der Waals surface area (Å²) < 4.78 is 7.64. The van der Waals surface area contributed by atoms with Crippen LogP contribution >= 0.6 is 56.9 Å². The number of aromatic carboxylic acids is 1. The minimum absolute atomic E-state index is 0.130. The van der Waals surface area contributed by atoms with Crippen LogP contribution in [-0.4, -0.2) is 40.7 Å². The molecule has 1 heterocycles. The number of nitrogens with zero attached hydrogens (tertiary/aromatic N) is 2. The fourth-order valence-electron chi connectivity index (χ4n) is 2.54. The summed E-state index contributed by atoms with van der Waals surface area (Å²) in [5.74, 6) is -0.267. The third-order valence-corrected chi connectivity index (χ3v) is 6.61. The SMILES string of the molecule is CCOc1c(I)cc(/C=C2\SC(=Nc3ccc(C(=O)O)cc3)N(C)C2=O)cc1I. The highest BCUT2D eigenvalue weighted by atomic mass is 127. The predicted octanol–water partition coefficient (Wildman–Crippen LogP) is 5.23. The lowest BCUT2D eigenvalue weighted by molar-refractivity contribution is -0.121. The number of carboxylic acids is 1. The van der Waals surface area contributed by atoms with E-state index in [9.17, 15) is 9.59 Å². The second-order valence-corrected chi connectivity index (χ2v) is 9.30. The molecule has 0 atom stereocenters. The van der Waals surface area contributed by atoms with E-state index in [4.69, 9.17) is 9.84 Å². The Kier molecular flexibility index (Phi) is 7.22. The highest BCUT2D eigenvalue weighted by molar-refractivity contribution is 14.1. The zero-order chi connectivity index (χ0) is 21.1. The van der Waals surface area contributed by atoms with Crippen LogP contribution in [-0.2, 0) is 4.79 Å². The molecule has 1 N–H and O–H groups in total. The lowest BCUT2D eigenvalue weighted by atomic mass is 10.2. The maximum atomic E-state index is 12.6. The number of aliphatic imine (C=N–C) groups is 1. The molecule has 0 saturated carbocycles. The van der Waals surface area contributed by atoms with Crippen molar-refractivity contribution in [3.8, 4) is 5.75 Å². The molecule has 0 radical (unpaired) electrons. The highest BCUT2D eigenvalue weighted by Crippen LogP contribution is 2.35. The van der Waals surface area contributed by atoms with Crippen LogP contribution in [0.2, 0.25) is 0 Å². The molecule has 1 saturated heterocycles. The molecule has 29 heavy (non-hydrogen) atoms. The molecule has 1 amide bonds. The number of amidine groups is 1. The van der Waals surface area contributed by atoms with Crippen LogP contribution in [0.15, 0.2) is 46.3 Å². The summed E-state index contributed by atoms with van der Waals surface area (Å²) in [7, 11) is 1.67. The lowest BCUT2D eigenvalue weighted by Gasteiger charge is -2.09. The van der Waals surface area contributed by atoms with Crippen LogP contribution in [0.25, 0.3) is 6.08 Å². The summed E-state index contributed by atoms with van der Waals surface area (Å²) in [6.07, 6.45) is 1.85. The number of carboxylic acid groups (broad SMARTS) is 1. The van der Waals surface area contributed by atoms with Gasteiger partial charge in [-0.05, 0) is 112 Å². The summed E-state index contributed by atoms with van der Waals surface area (Å²) in [5.41, 5.74) is 1.69. The van der Waals surface area contributed by atoms with Gasteiger partial charge in [0.15, 0.2) is 5.17 Å². The van der Waals surface area contributed by atoms with Gasteiger partial charge in [0, 0.05) is 7.05 Å². The molecular formula is C20H16I2N2O4S. The molecule has 2 aromatic carbocycles. The van der Waals surface area contributed by atoms with Crippen molar-refractivity contribution >= 4 is 85.8 Å². The van der Waals surface area contributed by atoms with Crippen molar-refractivity contribution in [1.82, 2.24) is 4.90 Å². The Hall–Kier alpha value is -1.60. The van der Waals surface area contributed by atoms with E-state index in [-0.39, 0.29) is 11.5 Å². The molecule has 150 valence electrons. The molecule has 1 fully saturated rings. The summed E-state index contributed by atoms with van der Waals surface area (Å²) in [4.78, 5) is 30.2. The number of halogens is 2. The van der Waals surface area contributed by atoms with E-state index in [1.807, 2.05) is 25.1 Å². The third kappa shape index (κ3) is 5.12. The first kappa shape index (κ1) is 22.1. The molecular weight excluding hydrogens is 618 g/mol. The van der Waals surface area contributed by atoms with Gasteiger partial charge in [0.25, 0.3) is 5.91 Å². The number of hydrogen-bond acceptors (Lipinski definition) is 5. The van der Waals surface area contributed by atoms with Crippen LogP contribution in [0.1, 0.15) is 22.8 Å². The molecule has 2 aromatic rings. The molecule has 9 heteroatoms. The largest absolute Gasteiger partial charge is 0.492 e. The minimum Gasteiger partial charge on any atom is -0.492 e. The Balaban J connectivity index is 1.87. The Morgan fingerprint density at radius 2 is 1.86 bits per heavy atom. The van der Waals surface area contributed by atoms with E-state index in [0.717, 1.165) is 18.5 Å². The number of carbonyl (C=O) groups excluding carboxylic acids is 1. The molecule has 1 aliphatic heterocycles. The first-order valence-electron chi connectivity index (χ1n) is 8.51. The van der Waals surface area contributed by atoms with Crippen molar-refractivity contribution in [3.63, 3.8) is 0 Å². The number of likely N-dealkylation sites (N-methyl/N-ethyl adjacent to an activating group) is 1. The van der Waals surface area contributed by atoms with Crippen LogP contribution < -0.4 is 4.74 Å². The summed E-state index contributed by atoms with van der Waals surface area (Å²) >= 11 is 5.75. The van der Waals surface area contributed by atoms with Crippen molar-refractivity contribution < 1.29 is 19.4 Å². The fraction of sp³-hybridized carbons (Fsp3) is 0.150. The molecule has 1 aliphatic rings. The van der Waals surface area contributed by atoms with Gasteiger partial charge in [-0.2, -0.15) is 0 Å². The number of carbonyl (C=O) groups is 2. The van der Waals surface area contributed by atoms with Gasteiger partial charge in [-0.15, -0.1) is 0 Å². The molecule has 0 bridgehead atoms. The van der Waals surface area contributed by atoms with E-state index in [1.54, 1.807) is 19.2 Å². The maximum Gasteiger partial charge on any atom is 0.335 e. The van der Waals surface area contributed by atoms with E-state index in [0.29, 0.717) is 22.4 Å². The average Bonchev–Trinajstić information content (AvgIpc) is 2.93. The lowest BCUT2D eigenvalue weighted by Crippen LogP contribution is -2.23. The van der Waals surface area contributed by atoms with E-state index < -0.39 is 5.97 Å². The molecule has 0 unspecified atom stereocenters. The monoisotopic (exact) mass is 634 g/mol. The number of thioether (sulfide) groups is 1. The van der Waals surface area contributed by atoms with Gasteiger partial charge in [-0.3, -0.25) is 9.69 Å². The normalized spacial score (nSPS) is 16.7. The average molecular weight is 634 g/mol. The van der Waals surface area contributed by atoms with Crippen molar-refractivity contribution in [2.45, 2.75) is 6.92 Å². The highest BCUT2D eigenvalue weighted by Gasteiger charge is 2.30. The Morgan fingerprint density at radius 1 is 1.24 bits per heavy atom. The van der Waals surface area contributed by atoms with Gasteiger partial charge in [0.1, 0.15) is 5.75 Å². The van der Waals surface area contributed by atoms with E-state index in [2.05, 4.69) is 50.2 Å². The van der Waals surface area contributed by atoms with E-state index in [1.165, 1.54) is 28.8 Å². The molecule has 0 aliphatic carbocycles. The molecule has 0 aromatic heterocycles. The van der Waals surface area contributed by atoms with Crippen LogP contribution in [0.5, 0.6) is 5.75 Å². The summed E-state index contributed by atoms with van der Waals surface area (Å²) in [5, 5.41) is 9.53.